The van der Waals surface area contributed by atoms with Crippen LogP contribution in [0.25, 0.3) is 113 Å². The van der Waals surface area contributed by atoms with Crippen LogP contribution in [0.3, 0.4) is 0 Å². The quantitative estimate of drug-likeness (QED) is 0.107. The Bertz CT molecular complexity index is 4590. The van der Waals surface area contributed by atoms with Crippen molar-refractivity contribution in [2.75, 3.05) is 0 Å². The van der Waals surface area contributed by atoms with E-state index in [9.17, 15) is 0 Å². The Balaban J connectivity index is 0.000000259. The van der Waals surface area contributed by atoms with Crippen molar-refractivity contribution in [3.8, 4) is 83.5 Å². The number of rotatable bonds is 8. The summed E-state index contributed by atoms with van der Waals surface area (Å²) in [5.74, 6) is 0. The predicted octanol–water partition coefficient (Wildman–Crippen LogP) is 31.3. The fourth-order valence-electron chi connectivity index (χ4n) is 12.8. The molecule has 103 heavy (non-hydrogen) atoms. The van der Waals surface area contributed by atoms with Crippen LogP contribution in [0.4, 0.5) is 34.1 Å². The number of hydrogen-bond donors (Lipinski definition) is 0. The van der Waals surface area contributed by atoms with Crippen LogP contribution in [0.1, 0.15) is 222 Å². The van der Waals surface area contributed by atoms with Gasteiger partial charge in [0.2, 0.25) is 11.4 Å². The van der Waals surface area contributed by atoms with Crippen molar-refractivity contribution < 1.29 is 17.1 Å². The Kier molecular flexibility index (Phi) is 22.8. The van der Waals surface area contributed by atoms with E-state index < -0.39 is 0 Å². The molecule has 6 aromatic carbocycles. The Morgan fingerprint density at radius 3 is 0.485 bits per heavy atom. The van der Waals surface area contributed by atoms with Crippen molar-refractivity contribution in [2.45, 2.75) is 223 Å². The summed E-state index contributed by atoms with van der Waals surface area (Å²) >= 11 is 6.59. The average Bonchev–Trinajstić information content (AvgIpc) is 1.36. The molecule has 0 saturated heterocycles. The van der Waals surface area contributed by atoms with E-state index in [2.05, 4.69) is 330 Å². The molecule has 0 saturated carbocycles. The van der Waals surface area contributed by atoms with Crippen molar-refractivity contribution in [3.63, 3.8) is 0 Å². The predicted molar refractivity (Wildman–Crippen MR) is 445 cm³/mol. The summed E-state index contributed by atoms with van der Waals surface area (Å²) < 4.78 is 0. The van der Waals surface area contributed by atoms with Crippen LogP contribution >= 0.6 is 45.3 Å². The molecule has 527 valence electrons. The van der Waals surface area contributed by atoms with Gasteiger partial charge in [-0.1, -0.05) is 250 Å². The third-order valence-corrected chi connectivity index (χ3v) is 23.5. The minimum absolute atomic E-state index is 0. The smallest absolute Gasteiger partial charge is 0.204 e. The number of thiophene rings is 4. The number of aryl methyl sites for hydroxylation is 2. The minimum atomic E-state index is -0.184. The van der Waals surface area contributed by atoms with Crippen molar-refractivity contribution in [1.82, 2.24) is 0 Å². The Hall–Kier alpha value is -8.42. The molecule has 0 N–H and O–H groups in total. The summed E-state index contributed by atoms with van der Waals surface area (Å²) in [5, 5.41) is 0. The van der Waals surface area contributed by atoms with E-state index in [1.807, 2.05) is 0 Å². The fraction of sp³-hybridized carbons (Fsp3) is 0.370. The maximum atomic E-state index is 8.41. The maximum absolute atomic E-state index is 8.41. The molecule has 0 aliphatic carbocycles. The van der Waals surface area contributed by atoms with E-state index in [4.69, 9.17) is 39.4 Å². The molecule has 1 radical (unpaired) electrons. The molecule has 0 fully saturated rings. The topological polar surface area (TPSA) is 26.2 Å². The van der Waals surface area contributed by atoms with Gasteiger partial charge in [-0.15, -0.1) is 45.3 Å². The third kappa shape index (κ3) is 16.9. The first kappa shape index (κ1) is 80.3. The fourth-order valence-corrected chi connectivity index (χ4v) is 17.0. The van der Waals surface area contributed by atoms with Crippen molar-refractivity contribution in [1.29, 1.82) is 0 Å². The first-order valence-electron chi connectivity index (χ1n) is 34.9. The van der Waals surface area contributed by atoms with Gasteiger partial charge in [0.1, 0.15) is 0 Å². The Morgan fingerprint density at radius 1 is 0.214 bits per heavy atom. The van der Waals surface area contributed by atoms with Crippen molar-refractivity contribution >= 4 is 79.5 Å². The van der Waals surface area contributed by atoms with Crippen LogP contribution in [0.2, 0.25) is 0 Å². The zero-order valence-corrected chi connectivity index (χ0v) is 69.7. The summed E-state index contributed by atoms with van der Waals surface area (Å²) in [7, 11) is 0. The van der Waals surface area contributed by atoms with Crippen LogP contribution in [0, 0.1) is 53.3 Å². The molecule has 6 nitrogen and oxygen atoms in total. The standard InChI is InChI=1S/2C46H49N3S2.Mn/c2*1-27-21-30(36-17-19-38(50-36)32-23-28(43(2,3)4)25-34(41(32)48-15)45(8,9)10)40(47-14)31(22-27)37-18-20-39(51-37)33-24-29(44(5,6)7)26-35(42(33)49-16)46(11,12)13;/h2*17-26H,1-13H3;. The summed E-state index contributed by atoms with van der Waals surface area (Å²) in [6.45, 7) is 107. The first-order chi connectivity index (χ1) is 47.2. The zero-order valence-electron chi connectivity index (χ0n) is 65.2. The molecule has 0 unspecified atom stereocenters. The maximum Gasteiger partial charge on any atom is 0.204 e. The average molecular weight is 1470 g/mol. The van der Waals surface area contributed by atoms with Crippen LogP contribution in [0.5, 0.6) is 0 Å². The largest absolute Gasteiger partial charge is 0.237 e. The molecular weight excluding hydrogens is 1370 g/mol. The molecule has 10 rings (SSSR count). The van der Waals surface area contributed by atoms with E-state index in [1.165, 1.54) is 22.3 Å². The van der Waals surface area contributed by atoms with Gasteiger partial charge in [-0.3, -0.25) is 0 Å². The molecule has 4 aromatic heterocycles. The number of hydrogen-bond acceptors (Lipinski definition) is 4. The van der Waals surface area contributed by atoms with Gasteiger partial charge in [0.15, 0.2) is 22.7 Å². The van der Waals surface area contributed by atoms with Gasteiger partial charge in [0, 0.05) is 56.1 Å². The third-order valence-electron chi connectivity index (χ3n) is 18.9. The zero-order chi connectivity index (χ0) is 75.7. The van der Waals surface area contributed by atoms with Gasteiger partial charge in [0.05, 0.1) is 39.4 Å². The summed E-state index contributed by atoms with van der Waals surface area (Å²) in [6, 6.07) is 43.0. The molecule has 0 atom stereocenters. The Labute approximate surface area is 643 Å². The van der Waals surface area contributed by atoms with Crippen LogP contribution in [0.15, 0.2) is 121 Å². The van der Waals surface area contributed by atoms with Gasteiger partial charge in [-0.2, -0.15) is 0 Å². The van der Waals surface area contributed by atoms with Crippen LogP contribution < -0.4 is 0 Å². The van der Waals surface area contributed by atoms with Gasteiger partial charge in [0.25, 0.3) is 0 Å². The van der Waals surface area contributed by atoms with Crippen LogP contribution in [-0.2, 0) is 60.4 Å². The summed E-state index contributed by atoms with van der Waals surface area (Å²) in [4.78, 5) is 32.8. The number of benzene rings is 6. The Morgan fingerprint density at radius 2 is 0.359 bits per heavy atom. The second-order valence-electron chi connectivity index (χ2n) is 35.4. The second kappa shape index (κ2) is 29.3. The van der Waals surface area contributed by atoms with Gasteiger partial charge >= 0.3 is 0 Å². The number of nitrogens with zero attached hydrogens (tertiary/aromatic N) is 6. The minimum Gasteiger partial charge on any atom is -0.237 e. The molecule has 10 aromatic rings. The van der Waals surface area contributed by atoms with E-state index in [1.54, 1.807) is 45.3 Å². The second-order valence-corrected chi connectivity index (χ2v) is 39.8. The van der Waals surface area contributed by atoms with E-state index >= 15 is 0 Å². The first-order valence-corrected chi connectivity index (χ1v) is 38.2. The van der Waals surface area contributed by atoms with Gasteiger partial charge in [-0.05, 0) is 195 Å². The molecular formula is C92H98MnN6S4. The van der Waals surface area contributed by atoms with Crippen molar-refractivity contribution in [2.24, 2.45) is 0 Å². The van der Waals surface area contributed by atoms with Gasteiger partial charge in [-0.25, -0.2) is 29.1 Å². The van der Waals surface area contributed by atoms with E-state index in [-0.39, 0.29) is 60.4 Å². The molecule has 0 amide bonds. The molecule has 0 aliphatic heterocycles. The molecule has 0 spiro atoms. The molecule has 11 heteroatoms. The normalized spacial score (nSPS) is 12.2. The summed E-state index contributed by atoms with van der Waals surface area (Å²) in [6.07, 6.45) is 0. The molecule has 0 aliphatic rings. The van der Waals surface area contributed by atoms with Gasteiger partial charge < -0.3 is 0 Å². The van der Waals surface area contributed by atoms with Crippen LogP contribution in [-0.4, -0.2) is 0 Å². The monoisotopic (exact) mass is 1470 g/mol. The van der Waals surface area contributed by atoms with E-state index in [0.717, 1.165) is 117 Å². The molecule has 4 heterocycles. The van der Waals surface area contributed by atoms with Crippen molar-refractivity contribution in [3.05, 3.63) is 245 Å². The summed E-state index contributed by atoms with van der Waals surface area (Å²) in [5.41, 5.74) is 21.7. The SMILES string of the molecule is [C-]#[N+]c1c(-c2ccc(-c3cc(C(C)(C)C)cc(C(C)(C)C)c3[N+]#[C-])s2)cc(C)cc1-c1ccc(-c2cc(C(C)(C)C)cc(C(C)(C)C)c2[N+]#[C-])s1.[C-]#[N+]c1c(-c2ccc(-c3cc(C(C)(C)C)cc(C(C)(C)C)c3[N+]#[C-])s2)cc(C)cc1-c1ccc(-c2cc(C(C)(C)C)cc(C(C)(C)C)c2[N+]#[C-])s1.[Mn]. The molecule has 0 bridgehead atoms. The van der Waals surface area contributed by atoms with E-state index in [0.29, 0.717) is 34.1 Å².